The third-order valence-electron chi connectivity index (χ3n) is 2.63. The Morgan fingerprint density at radius 1 is 1.53 bits per heavy atom. The first-order valence-electron chi connectivity index (χ1n) is 5.83. The third kappa shape index (κ3) is 4.15. The van der Waals surface area contributed by atoms with Crippen molar-refractivity contribution in [3.8, 4) is 0 Å². The van der Waals surface area contributed by atoms with Gasteiger partial charge in [0, 0.05) is 6.54 Å². The summed E-state index contributed by atoms with van der Waals surface area (Å²) in [5.41, 5.74) is 7.13. The maximum Gasteiger partial charge on any atom is 0.237 e. The molecule has 0 aliphatic heterocycles. The summed E-state index contributed by atoms with van der Waals surface area (Å²) in [6, 6.07) is 4.33. The van der Waals surface area contributed by atoms with Gasteiger partial charge in [-0.2, -0.15) is 0 Å². The van der Waals surface area contributed by atoms with Crippen molar-refractivity contribution in [2.75, 3.05) is 0 Å². The van der Waals surface area contributed by atoms with Crippen LogP contribution in [0.4, 0.5) is 4.39 Å². The lowest BCUT2D eigenvalue weighted by Crippen LogP contribution is -2.40. The minimum Gasteiger partial charge on any atom is -0.351 e. The Morgan fingerprint density at radius 3 is 2.82 bits per heavy atom. The zero-order chi connectivity index (χ0) is 12.8. The van der Waals surface area contributed by atoms with Crippen LogP contribution >= 0.6 is 0 Å². The average Bonchev–Trinajstić information content (AvgIpc) is 2.30. The molecule has 1 aromatic carbocycles. The molecule has 3 nitrogen and oxygen atoms in total. The molecule has 94 valence electrons. The van der Waals surface area contributed by atoms with Crippen molar-refractivity contribution in [1.82, 2.24) is 5.32 Å². The standard InChI is InChI=1S/C13H19FN2O/c1-3-4-12(15)13(17)16-8-10-5-6-11(14)9(2)7-10/h5-7,12H,3-4,8,15H2,1-2H3,(H,16,17). The molecule has 1 atom stereocenters. The van der Waals surface area contributed by atoms with E-state index in [9.17, 15) is 9.18 Å². The van der Waals surface area contributed by atoms with E-state index in [-0.39, 0.29) is 11.7 Å². The molecule has 0 radical (unpaired) electrons. The van der Waals surface area contributed by atoms with Gasteiger partial charge in [0.05, 0.1) is 6.04 Å². The summed E-state index contributed by atoms with van der Waals surface area (Å²) in [6.07, 6.45) is 1.55. The lowest BCUT2D eigenvalue weighted by molar-refractivity contribution is -0.122. The van der Waals surface area contributed by atoms with E-state index in [2.05, 4.69) is 5.32 Å². The molecule has 0 saturated carbocycles. The zero-order valence-electron chi connectivity index (χ0n) is 10.3. The number of hydrogen-bond donors (Lipinski definition) is 2. The molecule has 1 amide bonds. The topological polar surface area (TPSA) is 55.1 Å². The van der Waals surface area contributed by atoms with Gasteiger partial charge in [0.15, 0.2) is 0 Å². The molecule has 3 N–H and O–H groups in total. The third-order valence-corrected chi connectivity index (χ3v) is 2.63. The Kier molecular flexibility index (Phi) is 5.10. The van der Waals surface area contributed by atoms with Gasteiger partial charge in [0.1, 0.15) is 5.82 Å². The predicted octanol–water partition coefficient (Wildman–Crippen LogP) is 1.88. The number of carbonyl (C=O) groups is 1. The van der Waals surface area contributed by atoms with E-state index >= 15 is 0 Å². The maximum absolute atomic E-state index is 13.0. The van der Waals surface area contributed by atoms with Crippen molar-refractivity contribution in [1.29, 1.82) is 0 Å². The fraction of sp³-hybridized carbons (Fsp3) is 0.462. The van der Waals surface area contributed by atoms with E-state index in [1.165, 1.54) is 6.07 Å². The van der Waals surface area contributed by atoms with Crippen LogP contribution in [0.25, 0.3) is 0 Å². The SMILES string of the molecule is CCCC(N)C(=O)NCc1ccc(F)c(C)c1. The number of halogens is 1. The Labute approximate surface area is 101 Å². The molecule has 0 aliphatic carbocycles. The van der Waals surface area contributed by atoms with Crippen molar-refractivity contribution in [2.24, 2.45) is 5.73 Å². The first kappa shape index (κ1) is 13.6. The van der Waals surface area contributed by atoms with Crippen LogP contribution in [0.3, 0.4) is 0 Å². The molecular formula is C13H19FN2O. The molecule has 1 rings (SSSR count). The molecule has 0 aromatic heterocycles. The first-order chi connectivity index (χ1) is 8.04. The summed E-state index contributed by atoms with van der Waals surface area (Å²) in [5, 5.41) is 2.74. The van der Waals surface area contributed by atoms with Gasteiger partial charge in [-0.1, -0.05) is 25.5 Å². The van der Waals surface area contributed by atoms with Gasteiger partial charge in [-0.25, -0.2) is 4.39 Å². The molecule has 1 aromatic rings. The van der Waals surface area contributed by atoms with Crippen LogP contribution < -0.4 is 11.1 Å². The second kappa shape index (κ2) is 6.35. The van der Waals surface area contributed by atoms with E-state index in [4.69, 9.17) is 5.73 Å². The Bertz CT molecular complexity index is 393. The first-order valence-corrected chi connectivity index (χ1v) is 5.83. The van der Waals surface area contributed by atoms with E-state index < -0.39 is 6.04 Å². The van der Waals surface area contributed by atoms with Crippen LogP contribution in [-0.2, 0) is 11.3 Å². The number of nitrogens with two attached hydrogens (primary N) is 1. The van der Waals surface area contributed by atoms with Crippen molar-refractivity contribution >= 4 is 5.91 Å². The molecule has 4 heteroatoms. The van der Waals surface area contributed by atoms with Gasteiger partial charge in [-0.15, -0.1) is 0 Å². The van der Waals surface area contributed by atoms with Crippen molar-refractivity contribution < 1.29 is 9.18 Å². The summed E-state index contributed by atoms with van der Waals surface area (Å²) < 4.78 is 13.0. The molecule has 0 aliphatic rings. The van der Waals surface area contributed by atoms with Crippen LogP contribution in [0.2, 0.25) is 0 Å². The van der Waals surface area contributed by atoms with Crippen LogP contribution in [0, 0.1) is 12.7 Å². The number of aryl methyl sites for hydroxylation is 1. The Balaban J connectivity index is 2.50. The van der Waals surface area contributed by atoms with Crippen LogP contribution in [0.5, 0.6) is 0 Å². The van der Waals surface area contributed by atoms with Gasteiger partial charge >= 0.3 is 0 Å². The lowest BCUT2D eigenvalue weighted by atomic mass is 10.1. The van der Waals surface area contributed by atoms with Gasteiger partial charge in [0.2, 0.25) is 5.91 Å². The molecule has 0 heterocycles. The van der Waals surface area contributed by atoms with Crippen LogP contribution in [-0.4, -0.2) is 11.9 Å². The summed E-state index contributed by atoms with van der Waals surface area (Å²) in [5.74, 6) is -0.392. The fourth-order valence-corrected chi connectivity index (χ4v) is 1.58. The van der Waals surface area contributed by atoms with Crippen LogP contribution in [0.15, 0.2) is 18.2 Å². The molecular weight excluding hydrogens is 219 g/mol. The molecule has 17 heavy (non-hydrogen) atoms. The minimum atomic E-state index is -0.457. The number of carbonyl (C=O) groups excluding carboxylic acids is 1. The molecule has 0 bridgehead atoms. The van der Waals surface area contributed by atoms with Gasteiger partial charge in [0.25, 0.3) is 0 Å². The summed E-state index contributed by atoms with van der Waals surface area (Å²) >= 11 is 0. The van der Waals surface area contributed by atoms with Crippen LogP contribution in [0.1, 0.15) is 30.9 Å². The van der Waals surface area contributed by atoms with Crippen molar-refractivity contribution in [2.45, 2.75) is 39.3 Å². The number of hydrogen-bond acceptors (Lipinski definition) is 2. The second-order valence-electron chi connectivity index (χ2n) is 4.20. The summed E-state index contributed by atoms with van der Waals surface area (Å²) in [7, 11) is 0. The highest BCUT2D eigenvalue weighted by Gasteiger charge is 2.11. The zero-order valence-corrected chi connectivity index (χ0v) is 10.3. The van der Waals surface area contributed by atoms with Crippen molar-refractivity contribution in [3.63, 3.8) is 0 Å². The number of amides is 1. The average molecular weight is 238 g/mol. The van der Waals surface area contributed by atoms with Crippen molar-refractivity contribution in [3.05, 3.63) is 35.1 Å². The van der Waals surface area contributed by atoms with E-state index in [0.29, 0.717) is 18.5 Å². The van der Waals surface area contributed by atoms with E-state index in [0.717, 1.165) is 12.0 Å². The summed E-state index contributed by atoms with van der Waals surface area (Å²) in [6.45, 7) is 4.07. The molecule has 0 spiro atoms. The highest BCUT2D eigenvalue weighted by Crippen LogP contribution is 2.09. The smallest absolute Gasteiger partial charge is 0.237 e. The highest BCUT2D eigenvalue weighted by molar-refractivity contribution is 5.81. The molecule has 1 unspecified atom stereocenters. The fourth-order valence-electron chi connectivity index (χ4n) is 1.58. The maximum atomic E-state index is 13.0. The monoisotopic (exact) mass is 238 g/mol. The van der Waals surface area contributed by atoms with Gasteiger partial charge < -0.3 is 11.1 Å². The van der Waals surface area contributed by atoms with Gasteiger partial charge in [-0.05, 0) is 30.5 Å². The van der Waals surface area contributed by atoms with E-state index in [1.807, 2.05) is 6.92 Å². The molecule has 0 saturated heterocycles. The van der Waals surface area contributed by atoms with Gasteiger partial charge in [-0.3, -0.25) is 4.79 Å². The highest BCUT2D eigenvalue weighted by atomic mass is 19.1. The number of benzene rings is 1. The lowest BCUT2D eigenvalue weighted by Gasteiger charge is -2.11. The summed E-state index contributed by atoms with van der Waals surface area (Å²) in [4.78, 5) is 11.5. The Morgan fingerprint density at radius 2 is 2.24 bits per heavy atom. The second-order valence-corrected chi connectivity index (χ2v) is 4.20. The normalized spacial score (nSPS) is 12.2. The quantitative estimate of drug-likeness (QED) is 0.823. The predicted molar refractivity (Wildman–Crippen MR) is 65.9 cm³/mol. The minimum absolute atomic E-state index is 0.158. The molecule has 0 fully saturated rings. The largest absolute Gasteiger partial charge is 0.351 e. The Hall–Kier alpha value is -1.42. The number of rotatable bonds is 5. The van der Waals surface area contributed by atoms with E-state index in [1.54, 1.807) is 19.1 Å². The number of nitrogens with one attached hydrogen (secondary N) is 1.